The van der Waals surface area contributed by atoms with Gasteiger partial charge in [0.2, 0.25) is 5.13 Å². The van der Waals surface area contributed by atoms with Gasteiger partial charge >= 0.3 is 0 Å². The van der Waals surface area contributed by atoms with Crippen molar-refractivity contribution >= 4 is 39.0 Å². The number of fused-ring (bicyclic) bond motifs is 1. The average Bonchev–Trinajstić information content (AvgIpc) is 3.30. The molecule has 2 aromatic carbocycles. The molecule has 2 aromatic heterocycles. The summed E-state index contributed by atoms with van der Waals surface area (Å²) >= 11 is 7.69. The van der Waals surface area contributed by atoms with Crippen LogP contribution in [0.25, 0.3) is 21.5 Å². The molecule has 0 aliphatic heterocycles. The lowest BCUT2D eigenvalue weighted by Crippen LogP contribution is -2.31. The zero-order chi connectivity index (χ0) is 17.9. The predicted molar refractivity (Wildman–Crippen MR) is 107 cm³/mol. The number of H-pyrrole nitrogens is 1. The van der Waals surface area contributed by atoms with Crippen molar-refractivity contribution in [3.05, 3.63) is 59.2 Å². The molecule has 0 aliphatic carbocycles. The standard InChI is InChI=1S/C18H17ClN6S/c19-15-4-2-1-3-11(15)8-14(20)10-21-18-25-24-17(26-18)12-5-6-16-13(7-12)9-22-23-16/h1-7,9,14H,8,10,20H2,(H,21,25)(H,22,23)/t14-/m1/s1. The van der Waals surface area contributed by atoms with E-state index in [4.69, 9.17) is 17.3 Å². The van der Waals surface area contributed by atoms with Gasteiger partial charge in [-0.25, -0.2) is 0 Å². The van der Waals surface area contributed by atoms with E-state index in [0.717, 1.165) is 37.2 Å². The second-order valence-electron chi connectivity index (χ2n) is 6.02. The summed E-state index contributed by atoms with van der Waals surface area (Å²) in [5, 5.41) is 22.1. The first-order valence-electron chi connectivity index (χ1n) is 8.19. The van der Waals surface area contributed by atoms with Gasteiger partial charge in [0.1, 0.15) is 5.01 Å². The molecule has 26 heavy (non-hydrogen) atoms. The number of nitrogens with one attached hydrogen (secondary N) is 2. The topological polar surface area (TPSA) is 92.5 Å². The van der Waals surface area contributed by atoms with Crippen LogP contribution < -0.4 is 11.1 Å². The van der Waals surface area contributed by atoms with Crippen LogP contribution in [0.3, 0.4) is 0 Å². The van der Waals surface area contributed by atoms with Crippen molar-refractivity contribution in [1.82, 2.24) is 20.4 Å². The van der Waals surface area contributed by atoms with Crippen LogP contribution in [0.4, 0.5) is 5.13 Å². The Labute approximate surface area is 159 Å². The summed E-state index contributed by atoms with van der Waals surface area (Å²) in [6.45, 7) is 0.598. The Hall–Kier alpha value is -2.48. The third kappa shape index (κ3) is 3.70. The normalized spacial score (nSPS) is 12.4. The maximum absolute atomic E-state index is 6.22. The Kier molecular flexibility index (Phi) is 4.83. The smallest absolute Gasteiger partial charge is 0.206 e. The molecule has 0 amide bonds. The summed E-state index contributed by atoms with van der Waals surface area (Å²) in [4.78, 5) is 0. The summed E-state index contributed by atoms with van der Waals surface area (Å²) in [5.74, 6) is 0. The monoisotopic (exact) mass is 384 g/mol. The van der Waals surface area contributed by atoms with Gasteiger partial charge in [-0.05, 0) is 36.2 Å². The minimum absolute atomic E-state index is 0.0652. The molecule has 0 unspecified atom stereocenters. The van der Waals surface area contributed by atoms with Crippen LogP contribution in [0, 0.1) is 0 Å². The summed E-state index contributed by atoms with van der Waals surface area (Å²) in [6.07, 6.45) is 2.50. The van der Waals surface area contributed by atoms with Crippen LogP contribution in [0.2, 0.25) is 5.02 Å². The summed E-state index contributed by atoms with van der Waals surface area (Å²) in [7, 11) is 0. The van der Waals surface area contributed by atoms with E-state index < -0.39 is 0 Å². The Bertz CT molecular complexity index is 1030. The Morgan fingerprint density at radius 3 is 2.96 bits per heavy atom. The predicted octanol–water partition coefficient (Wildman–Crippen LogP) is 3.72. The molecule has 132 valence electrons. The van der Waals surface area contributed by atoms with Gasteiger partial charge < -0.3 is 11.1 Å². The van der Waals surface area contributed by atoms with Gasteiger partial charge in [-0.2, -0.15) is 5.10 Å². The summed E-state index contributed by atoms with van der Waals surface area (Å²) in [6, 6.07) is 13.7. The average molecular weight is 385 g/mol. The number of aromatic nitrogens is 4. The third-order valence-corrected chi connectivity index (χ3v) is 5.37. The molecule has 0 fully saturated rings. The van der Waals surface area contributed by atoms with E-state index in [1.165, 1.54) is 11.3 Å². The van der Waals surface area contributed by atoms with E-state index >= 15 is 0 Å². The quantitative estimate of drug-likeness (QED) is 0.471. The number of rotatable bonds is 6. The molecule has 8 heteroatoms. The molecule has 0 aliphatic rings. The minimum Gasteiger partial charge on any atom is -0.359 e. The Morgan fingerprint density at radius 1 is 1.19 bits per heavy atom. The van der Waals surface area contributed by atoms with Crippen LogP contribution in [0.5, 0.6) is 0 Å². The molecule has 0 saturated heterocycles. The first kappa shape index (κ1) is 17.0. The summed E-state index contributed by atoms with van der Waals surface area (Å²) < 4.78 is 0. The van der Waals surface area contributed by atoms with Crippen molar-refractivity contribution in [2.24, 2.45) is 5.73 Å². The van der Waals surface area contributed by atoms with E-state index in [1.807, 2.05) is 42.5 Å². The second kappa shape index (κ2) is 7.41. The molecule has 2 heterocycles. The number of hydrogen-bond acceptors (Lipinski definition) is 6. The van der Waals surface area contributed by atoms with Crippen LogP contribution in [-0.4, -0.2) is 33.0 Å². The van der Waals surface area contributed by atoms with E-state index in [9.17, 15) is 0 Å². The highest BCUT2D eigenvalue weighted by atomic mass is 35.5. The minimum atomic E-state index is -0.0652. The molecular weight excluding hydrogens is 368 g/mol. The highest BCUT2D eigenvalue weighted by molar-refractivity contribution is 7.18. The second-order valence-corrected chi connectivity index (χ2v) is 7.41. The molecule has 1 atom stereocenters. The summed E-state index contributed by atoms with van der Waals surface area (Å²) in [5.41, 5.74) is 9.29. The number of nitrogens with two attached hydrogens (primary N) is 1. The SMILES string of the molecule is N[C@@H](CNc1nnc(-c2ccc3[nH]ncc3c2)s1)Cc1ccccc1Cl. The highest BCUT2D eigenvalue weighted by Crippen LogP contribution is 2.28. The number of anilines is 1. The van der Waals surface area contributed by atoms with Gasteiger partial charge in [0, 0.05) is 28.6 Å². The lowest BCUT2D eigenvalue weighted by molar-refractivity contribution is 0.698. The molecule has 4 N–H and O–H groups in total. The van der Waals surface area contributed by atoms with Crippen molar-refractivity contribution in [2.75, 3.05) is 11.9 Å². The fourth-order valence-corrected chi connectivity index (χ4v) is 3.68. The lowest BCUT2D eigenvalue weighted by atomic mass is 10.1. The van der Waals surface area contributed by atoms with E-state index in [-0.39, 0.29) is 6.04 Å². The Morgan fingerprint density at radius 2 is 2.08 bits per heavy atom. The fourth-order valence-electron chi connectivity index (χ4n) is 2.72. The number of hydrogen-bond donors (Lipinski definition) is 3. The molecular formula is C18H17ClN6S. The number of benzene rings is 2. The van der Waals surface area contributed by atoms with Gasteiger partial charge in [-0.1, -0.05) is 41.1 Å². The van der Waals surface area contributed by atoms with Gasteiger partial charge in [0.05, 0.1) is 11.7 Å². The van der Waals surface area contributed by atoms with Crippen LogP contribution in [0.1, 0.15) is 5.56 Å². The highest BCUT2D eigenvalue weighted by Gasteiger charge is 2.11. The molecule has 0 saturated carbocycles. The Balaban J connectivity index is 1.39. The largest absolute Gasteiger partial charge is 0.359 e. The van der Waals surface area contributed by atoms with E-state index in [0.29, 0.717) is 13.0 Å². The van der Waals surface area contributed by atoms with E-state index in [1.54, 1.807) is 6.20 Å². The van der Waals surface area contributed by atoms with E-state index in [2.05, 4.69) is 25.7 Å². The van der Waals surface area contributed by atoms with Crippen molar-refractivity contribution in [3.8, 4) is 10.6 Å². The lowest BCUT2D eigenvalue weighted by Gasteiger charge is -2.12. The maximum atomic E-state index is 6.22. The number of aromatic amines is 1. The van der Waals surface area contributed by atoms with Gasteiger partial charge in [-0.3, -0.25) is 5.10 Å². The first-order chi connectivity index (χ1) is 12.7. The van der Waals surface area contributed by atoms with Crippen molar-refractivity contribution in [2.45, 2.75) is 12.5 Å². The first-order valence-corrected chi connectivity index (χ1v) is 9.38. The molecule has 0 spiro atoms. The zero-order valence-electron chi connectivity index (χ0n) is 13.8. The van der Waals surface area contributed by atoms with Crippen LogP contribution >= 0.6 is 22.9 Å². The maximum Gasteiger partial charge on any atom is 0.206 e. The van der Waals surface area contributed by atoms with Gasteiger partial charge in [0.25, 0.3) is 0 Å². The molecule has 0 radical (unpaired) electrons. The zero-order valence-corrected chi connectivity index (χ0v) is 15.4. The van der Waals surface area contributed by atoms with Crippen molar-refractivity contribution < 1.29 is 0 Å². The molecule has 6 nitrogen and oxygen atoms in total. The molecule has 4 aromatic rings. The number of halogens is 1. The van der Waals surface area contributed by atoms with Crippen LogP contribution in [-0.2, 0) is 6.42 Å². The molecule has 4 rings (SSSR count). The third-order valence-electron chi connectivity index (χ3n) is 4.07. The number of nitrogens with zero attached hydrogens (tertiary/aromatic N) is 3. The van der Waals surface area contributed by atoms with Crippen LogP contribution in [0.15, 0.2) is 48.7 Å². The van der Waals surface area contributed by atoms with Crippen molar-refractivity contribution in [1.29, 1.82) is 0 Å². The molecule has 0 bridgehead atoms. The van der Waals surface area contributed by atoms with Gasteiger partial charge in [0.15, 0.2) is 0 Å². The van der Waals surface area contributed by atoms with Gasteiger partial charge in [-0.15, -0.1) is 10.2 Å². The van der Waals surface area contributed by atoms with Crippen molar-refractivity contribution in [3.63, 3.8) is 0 Å². The fraction of sp³-hybridized carbons (Fsp3) is 0.167.